The van der Waals surface area contributed by atoms with Crippen LogP contribution in [-0.4, -0.2) is 81.9 Å². The van der Waals surface area contributed by atoms with Crippen molar-refractivity contribution in [3.8, 4) is 0 Å². The summed E-state index contributed by atoms with van der Waals surface area (Å²) in [5.74, 6) is -8.17. The quantitative estimate of drug-likeness (QED) is 0.210. The topological polar surface area (TPSA) is 138 Å². The van der Waals surface area contributed by atoms with Gasteiger partial charge < -0.3 is 10.2 Å². The van der Waals surface area contributed by atoms with E-state index in [0.717, 1.165) is 12.8 Å². The van der Waals surface area contributed by atoms with Gasteiger partial charge in [-0.1, -0.05) is 61.3 Å². The van der Waals surface area contributed by atoms with Crippen molar-refractivity contribution in [2.24, 2.45) is 45.8 Å². The molecule has 0 aromatic heterocycles. The Morgan fingerprint density at radius 1 is 0.870 bits per heavy atom. The van der Waals surface area contributed by atoms with Gasteiger partial charge in [0.2, 0.25) is 29.4 Å². The summed E-state index contributed by atoms with van der Waals surface area (Å²) in [7, 11) is 0. The Balaban J connectivity index is 1.37. The van der Waals surface area contributed by atoms with Gasteiger partial charge in [0.05, 0.1) is 6.04 Å². The first-order chi connectivity index (χ1) is 25.0. The maximum absolute atomic E-state index is 15.1. The van der Waals surface area contributed by atoms with Crippen molar-refractivity contribution in [1.82, 2.24) is 15.1 Å². The molecule has 3 heterocycles. The average molecular weight is 760 g/mol. The van der Waals surface area contributed by atoms with E-state index >= 15 is 8.78 Å². The summed E-state index contributed by atoms with van der Waals surface area (Å²) in [6.07, 6.45) is 2.24. The van der Waals surface area contributed by atoms with Crippen LogP contribution in [0.25, 0.3) is 0 Å². The van der Waals surface area contributed by atoms with Gasteiger partial charge in [-0.15, -0.1) is 0 Å². The Morgan fingerprint density at radius 3 is 2.11 bits per heavy atom. The summed E-state index contributed by atoms with van der Waals surface area (Å²) >= 11 is 0. The third kappa shape index (κ3) is 10.0. The second-order valence-corrected chi connectivity index (χ2v) is 19.8. The monoisotopic (exact) mass is 759 g/mol. The predicted octanol–water partition coefficient (Wildman–Crippen LogP) is 6.47. The largest absolute Gasteiger partial charge is 0.347 e. The second kappa shape index (κ2) is 15.8. The molecule has 5 fully saturated rings. The molecular weight excluding hydrogens is 696 g/mol. The molecule has 0 bridgehead atoms. The zero-order chi connectivity index (χ0) is 40.0. The van der Waals surface area contributed by atoms with Gasteiger partial charge >= 0.3 is 0 Å². The smallest absolute Gasteiger partial charge is 0.287 e. The molecule has 0 radical (unpaired) electrons. The molecule has 0 aromatic rings. The van der Waals surface area contributed by atoms with Crippen LogP contribution in [-0.2, 0) is 33.6 Å². The van der Waals surface area contributed by atoms with Crippen molar-refractivity contribution in [2.75, 3.05) is 13.1 Å². The van der Waals surface area contributed by atoms with Gasteiger partial charge in [0.25, 0.3) is 5.91 Å². The van der Waals surface area contributed by atoms with Crippen molar-refractivity contribution in [3.05, 3.63) is 0 Å². The van der Waals surface area contributed by atoms with Gasteiger partial charge in [0.15, 0.2) is 5.78 Å². The van der Waals surface area contributed by atoms with Gasteiger partial charge in [-0.2, -0.15) is 0 Å². The molecule has 12 heteroatoms. The van der Waals surface area contributed by atoms with Crippen LogP contribution < -0.4 is 5.32 Å². The highest BCUT2D eigenvalue weighted by atomic mass is 19.3. The number of hydrogen-bond acceptors (Lipinski definition) is 7. The lowest BCUT2D eigenvalue weighted by molar-refractivity contribution is -0.154. The van der Waals surface area contributed by atoms with Crippen LogP contribution >= 0.6 is 0 Å². The fourth-order valence-electron chi connectivity index (χ4n) is 9.39. The van der Waals surface area contributed by atoms with E-state index in [2.05, 4.69) is 19.2 Å². The fraction of sp³-hybridized carbons (Fsp3) is 0.833. The summed E-state index contributed by atoms with van der Waals surface area (Å²) in [6, 6.07) is -0.865. The Labute approximate surface area is 319 Å². The molecule has 4 amide bonds. The number of imide groups is 1. The van der Waals surface area contributed by atoms with Crippen LogP contribution in [0.1, 0.15) is 145 Å². The Hall–Kier alpha value is -3.05. The molecule has 2 saturated carbocycles. The molecule has 54 heavy (non-hydrogen) atoms. The number of nitrogens with one attached hydrogen (secondary N) is 1. The predicted molar refractivity (Wildman–Crippen MR) is 198 cm³/mol. The van der Waals surface area contributed by atoms with E-state index in [0.29, 0.717) is 19.4 Å². The SMILES string of the molecule is CC1(C)CC(=O)N(C[C@@H](CC(=O)C[C@H]2CCCC(F)(F)CCCCC[C@@H](C(=O)C(=O)NC3CC3)CC(=O)[C@@H]3[C@@H]4[C@H](CN3C2=O)C4(C)C)C(C)(C)C)C(=O)C1. The molecular formula is C42H63F2N3O7. The lowest BCUT2D eigenvalue weighted by Gasteiger charge is -2.39. The third-order valence-corrected chi connectivity index (χ3v) is 13.3. The first kappa shape index (κ1) is 42.1. The number of Topliss-reactive ketones (excluding diaryl/α,β-unsaturated/α-hetero) is 3. The molecule has 0 aromatic carbocycles. The summed E-state index contributed by atoms with van der Waals surface area (Å²) < 4.78 is 30.2. The van der Waals surface area contributed by atoms with E-state index in [9.17, 15) is 33.6 Å². The molecule has 3 saturated heterocycles. The first-order valence-electron chi connectivity index (χ1n) is 20.4. The molecule has 1 N–H and O–H groups in total. The molecule has 6 atom stereocenters. The molecule has 3 aliphatic heterocycles. The van der Waals surface area contributed by atoms with E-state index in [1.165, 1.54) is 4.90 Å². The van der Waals surface area contributed by atoms with Crippen LogP contribution in [0.2, 0.25) is 0 Å². The number of piperidine rings is 2. The van der Waals surface area contributed by atoms with Gasteiger partial charge in [-0.3, -0.25) is 38.5 Å². The highest BCUT2D eigenvalue weighted by Crippen LogP contribution is 2.65. The van der Waals surface area contributed by atoms with Gasteiger partial charge in [0.1, 0.15) is 5.78 Å². The molecule has 2 aliphatic carbocycles. The van der Waals surface area contributed by atoms with E-state index in [1.54, 1.807) is 4.90 Å². The summed E-state index contributed by atoms with van der Waals surface area (Å²) in [4.78, 5) is 97.9. The number of rotatable bonds is 9. The van der Waals surface area contributed by atoms with E-state index in [1.807, 2.05) is 34.6 Å². The number of amides is 4. The normalized spacial score (nSPS) is 31.0. The van der Waals surface area contributed by atoms with Crippen LogP contribution in [0.5, 0.6) is 0 Å². The number of hydrogen-bond donors (Lipinski definition) is 1. The highest BCUT2D eigenvalue weighted by Gasteiger charge is 2.69. The maximum atomic E-state index is 15.1. The second-order valence-electron chi connectivity index (χ2n) is 19.8. The van der Waals surface area contributed by atoms with Crippen LogP contribution in [0.15, 0.2) is 0 Å². The highest BCUT2D eigenvalue weighted by molar-refractivity contribution is 6.37. The van der Waals surface area contributed by atoms with Crippen molar-refractivity contribution >= 4 is 41.0 Å². The Bertz CT molecular complexity index is 1490. The van der Waals surface area contributed by atoms with Gasteiger partial charge in [0, 0.05) is 75.9 Å². The molecule has 5 rings (SSSR count). The minimum atomic E-state index is -2.97. The van der Waals surface area contributed by atoms with Crippen molar-refractivity contribution in [1.29, 1.82) is 0 Å². The average Bonchev–Trinajstić information content (AvgIpc) is 3.89. The Morgan fingerprint density at radius 2 is 1.50 bits per heavy atom. The Kier molecular flexibility index (Phi) is 12.3. The fourth-order valence-corrected chi connectivity index (χ4v) is 9.39. The third-order valence-electron chi connectivity index (χ3n) is 13.3. The van der Waals surface area contributed by atoms with Crippen molar-refractivity contribution in [2.45, 2.75) is 163 Å². The molecule has 10 nitrogen and oxygen atoms in total. The number of alkyl halides is 2. The molecule has 0 spiro atoms. The first-order valence-corrected chi connectivity index (χ1v) is 20.4. The zero-order valence-electron chi connectivity index (χ0n) is 33.6. The van der Waals surface area contributed by atoms with Crippen LogP contribution in [0, 0.1) is 45.8 Å². The van der Waals surface area contributed by atoms with Crippen molar-refractivity contribution in [3.63, 3.8) is 0 Å². The summed E-state index contributed by atoms with van der Waals surface area (Å²) in [5, 5.41) is 2.73. The van der Waals surface area contributed by atoms with Crippen molar-refractivity contribution < 1.29 is 42.3 Å². The molecule has 302 valence electrons. The number of nitrogens with zero attached hydrogens (tertiary/aromatic N) is 2. The summed E-state index contributed by atoms with van der Waals surface area (Å²) in [6.45, 7) is 14.1. The number of fused-ring (bicyclic) bond motifs is 3. The number of halogens is 2. The van der Waals surface area contributed by atoms with Crippen LogP contribution in [0.4, 0.5) is 8.78 Å². The maximum Gasteiger partial charge on any atom is 0.287 e. The number of ketones is 3. The summed E-state index contributed by atoms with van der Waals surface area (Å²) in [5.41, 5.74) is -1.13. The van der Waals surface area contributed by atoms with E-state index in [-0.39, 0.29) is 117 Å². The lowest BCUT2D eigenvalue weighted by Crippen LogP contribution is -2.50. The van der Waals surface area contributed by atoms with E-state index in [4.69, 9.17) is 0 Å². The lowest BCUT2D eigenvalue weighted by atomic mass is 9.75. The number of likely N-dealkylation sites (tertiary alicyclic amines) is 1. The molecule has 5 aliphatic rings. The zero-order valence-corrected chi connectivity index (χ0v) is 33.6. The number of carbonyl (C=O) groups excluding carboxylic acids is 7. The van der Waals surface area contributed by atoms with Gasteiger partial charge in [-0.05, 0) is 72.5 Å². The van der Waals surface area contributed by atoms with Gasteiger partial charge in [-0.25, -0.2) is 8.78 Å². The van der Waals surface area contributed by atoms with Crippen LogP contribution in [0.3, 0.4) is 0 Å². The minimum absolute atomic E-state index is 0.00273. The number of carbonyl (C=O) groups is 7. The molecule has 0 unspecified atom stereocenters. The minimum Gasteiger partial charge on any atom is -0.347 e. The van der Waals surface area contributed by atoms with E-state index < -0.39 is 64.6 Å². The standard InChI is InChI=1S/C42H63F2N3O7/c1-39(2,3)27(23-46-32(50)21-40(4,5)22-33(46)51)20-29(48)18-26-13-11-17-42(43,44)16-10-8-9-12-25(36(52)37(53)45-28-14-15-28)19-31(49)35-34-30(41(34,6)7)24-47(35)38(26)54/h25-28,30,34-35H,8-24H2,1-7H3,(H,45,53)/t25-,26-,27-,30+,34+,35-/m1/s1.